The molecule has 1 aliphatic rings. The number of sulfone groups is 1. The number of aryl methyl sites for hydroxylation is 1. The number of benzene rings is 2. The Labute approximate surface area is 198 Å². The first kappa shape index (κ1) is 23.9. The first-order chi connectivity index (χ1) is 16.5. The van der Waals surface area contributed by atoms with Gasteiger partial charge in [-0.1, -0.05) is 12.1 Å². The standard InChI is InChI=1S/C24H27N3O6S/c28-23(26-29)24(10-15-32-16-11-24)34(30,31)22-8-6-21(7-9-22)33-14-2-4-19-3-1-5-20(17-19)27-13-12-25-18-27/h1,3,5-9,12-13,17-18,29H,2,4,10-11,14-16H2,(H,26,28). The zero-order valence-corrected chi connectivity index (χ0v) is 19.4. The number of ether oxygens (including phenoxy) is 2. The average molecular weight is 486 g/mol. The minimum Gasteiger partial charge on any atom is -0.494 e. The molecule has 4 rings (SSSR count). The van der Waals surface area contributed by atoms with Gasteiger partial charge in [-0.15, -0.1) is 0 Å². The molecule has 0 unspecified atom stereocenters. The number of hydrogen-bond donors (Lipinski definition) is 2. The second-order valence-corrected chi connectivity index (χ2v) is 10.4. The molecule has 0 bridgehead atoms. The molecule has 0 spiro atoms. The van der Waals surface area contributed by atoms with Crippen molar-refractivity contribution in [2.24, 2.45) is 0 Å². The minimum atomic E-state index is -4.05. The Bertz CT molecular complexity index is 1200. The molecule has 0 aliphatic carbocycles. The minimum absolute atomic E-state index is 0.00154. The largest absolute Gasteiger partial charge is 0.494 e. The summed E-state index contributed by atoms with van der Waals surface area (Å²) in [6, 6.07) is 14.2. The summed E-state index contributed by atoms with van der Waals surface area (Å²) in [6.45, 7) is 0.716. The highest BCUT2D eigenvalue weighted by atomic mass is 32.2. The number of rotatable bonds is 9. The van der Waals surface area contributed by atoms with Gasteiger partial charge < -0.3 is 14.0 Å². The number of nitrogens with one attached hydrogen (secondary N) is 1. The van der Waals surface area contributed by atoms with Gasteiger partial charge in [-0.3, -0.25) is 10.0 Å². The number of carbonyl (C=O) groups excluding carboxylic acids is 1. The van der Waals surface area contributed by atoms with Gasteiger partial charge in [-0.05, 0) is 67.6 Å². The highest BCUT2D eigenvalue weighted by Gasteiger charge is 2.52. The number of amides is 1. The quantitative estimate of drug-likeness (QED) is 0.272. The van der Waals surface area contributed by atoms with Crippen molar-refractivity contribution in [3.63, 3.8) is 0 Å². The fraction of sp³-hybridized carbons (Fsp3) is 0.333. The normalized spacial score (nSPS) is 15.6. The summed E-state index contributed by atoms with van der Waals surface area (Å²) in [7, 11) is -4.05. The number of aromatic nitrogens is 2. The van der Waals surface area contributed by atoms with Crippen LogP contribution in [-0.2, 0) is 25.8 Å². The molecule has 2 heterocycles. The molecular weight excluding hydrogens is 458 g/mol. The second kappa shape index (κ2) is 10.4. The first-order valence-corrected chi connectivity index (χ1v) is 12.5. The molecule has 34 heavy (non-hydrogen) atoms. The molecule has 1 amide bonds. The van der Waals surface area contributed by atoms with Crippen LogP contribution < -0.4 is 10.2 Å². The Morgan fingerprint density at radius 2 is 1.94 bits per heavy atom. The molecule has 180 valence electrons. The van der Waals surface area contributed by atoms with E-state index in [1.807, 2.05) is 22.9 Å². The topological polar surface area (TPSA) is 120 Å². The lowest BCUT2D eigenvalue weighted by Crippen LogP contribution is -2.54. The second-order valence-electron chi connectivity index (χ2n) is 8.11. The molecule has 1 fully saturated rings. The average Bonchev–Trinajstić information content (AvgIpc) is 3.42. The summed E-state index contributed by atoms with van der Waals surface area (Å²) < 4.78 is 37.8. The van der Waals surface area contributed by atoms with Crippen LogP contribution in [0.25, 0.3) is 5.69 Å². The third kappa shape index (κ3) is 4.84. The Morgan fingerprint density at radius 1 is 1.18 bits per heavy atom. The zero-order valence-electron chi connectivity index (χ0n) is 18.6. The van der Waals surface area contributed by atoms with Gasteiger partial charge in [-0.25, -0.2) is 18.9 Å². The molecule has 2 aromatic carbocycles. The predicted molar refractivity (Wildman–Crippen MR) is 124 cm³/mol. The van der Waals surface area contributed by atoms with Crippen LogP contribution in [0.4, 0.5) is 0 Å². The highest BCUT2D eigenvalue weighted by Crippen LogP contribution is 2.35. The zero-order chi connectivity index (χ0) is 24.0. The van der Waals surface area contributed by atoms with Crippen LogP contribution in [0.3, 0.4) is 0 Å². The van der Waals surface area contributed by atoms with E-state index in [4.69, 9.17) is 14.7 Å². The molecule has 10 heteroatoms. The molecule has 3 aromatic rings. The third-order valence-electron chi connectivity index (χ3n) is 6.06. The van der Waals surface area contributed by atoms with E-state index in [0.717, 1.165) is 18.5 Å². The Hall–Kier alpha value is -3.21. The summed E-state index contributed by atoms with van der Waals surface area (Å²) in [4.78, 5) is 16.4. The van der Waals surface area contributed by atoms with E-state index in [9.17, 15) is 13.2 Å². The van der Waals surface area contributed by atoms with Crippen molar-refractivity contribution in [2.75, 3.05) is 19.8 Å². The molecule has 2 N–H and O–H groups in total. The van der Waals surface area contributed by atoms with Crippen molar-refractivity contribution < 1.29 is 27.9 Å². The molecule has 1 aromatic heterocycles. The number of hydroxylamine groups is 1. The number of carbonyl (C=O) groups is 1. The van der Waals surface area contributed by atoms with Crippen LogP contribution in [-0.4, -0.2) is 53.7 Å². The predicted octanol–water partition coefficient (Wildman–Crippen LogP) is 2.71. The van der Waals surface area contributed by atoms with Gasteiger partial charge in [0.05, 0.1) is 17.8 Å². The summed E-state index contributed by atoms with van der Waals surface area (Å²) in [5, 5.41) is 9.14. The fourth-order valence-electron chi connectivity index (χ4n) is 4.11. The van der Waals surface area contributed by atoms with E-state index >= 15 is 0 Å². The smallest absolute Gasteiger partial charge is 0.265 e. The Kier molecular flexibility index (Phi) is 7.30. The van der Waals surface area contributed by atoms with Gasteiger partial charge in [0.2, 0.25) is 0 Å². The summed E-state index contributed by atoms with van der Waals surface area (Å²) in [5.41, 5.74) is 3.75. The first-order valence-electron chi connectivity index (χ1n) is 11.0. The van der Waals surface area contributed by atoms with Crippen molar-refractivity contribution in [3.05, 3.63) is 72.8 Å². The van der Waals surface area contributed by atoms with Gasteiger partial charge in [0.15, 0.2) is 14.6 Å². The van der Waals surface area contributed by atoms with Gasteiger partial charge in [-0.2, -0.15) is 0 Å². The van der Waals surface area contributed by atoms with Gasteiger partial charge >= 0.3 is 0 Å². The molecule has 9 nitrogen and oxygen atoms in total. The van der Waals surface area contributed by atoms with E-state index in [1.165, 1.54) is 23.2 Å². The molecular formula is C24H27N3O6S. The molecule has 1 aliphatic heterocycles. The molecule has 0 radical (unpaired) electrons. The van der Waals surface area contributed by atoms with Gasteiger partial charge in [0.1, 0.15) is 5.75 Å². The van der Waals surface area contributed by atoms with Crippen molar-refractivity contribution in [1.29, 1.82) is 0 Å². The van der Waals surface area contributed by atoms with Gasteiger partial charge in [0.25, 0.3) is 5.91 Å². The van der Waals surface area contributed by atoms with E-state index < -0.39 is 20.5 Å². The molecule has 1 saturated heterocycles. The Morgan fingerprint density at radius 3 is 2.62 bits per heavy atom. The van der Waals surface area contributed by atoms with E-state index in [1.54, 1.807) is 24.7 Å². The van der Waals surface area contributed by atoms with Crippen LogP contribution >= 0.6 is 0 Å². The lowest BCUT2D eigenvalue weighted by atomic mass is 9.98. The fourth-order valence-corrected chi connectivity index (χ4v) is 6.05. The van der Waals surface area contributed by atoms with E-state index in [2.05, 4.69) is 17.1 Å². The third-order valence-corrected chi connectivity index (χ3v) is 8.57. The van der Waals surface area contributed by atoms with Crippen LogP contribution in [0.15, 0.2) is 72.1 Å². The maximum absolute atomic E-state index is 13.3. The molecule has 0 atom stereocenters. The maximum Gasteiger partial charge on any atom is 0.265 e. The Balaban J connectivity index is 1.36. The monoisotopic (exact) mass is 485 g/mol. The maximum atomic E-state index is 13.3. The summed E-state index contributed by atoms with van der Waals surface area (Å²) >= 11 is 0. The van der Waals surface area contributed by atoms with Crippen LogP contribution in [0.1, 0.15) is 24.8 Å². The summed E-state index contributed by atoms with van der Waals surface area (Å²) in [6.07, 6.45) is 6.95. The lowest BCUT2D eigenvalue weighted by molar-refractivity contribution is -0.134. The van der Waals surface area contributed by atoms with Crippen LogP contribution in [0.2, 0.25) is 0 Å². The number of imidazole rings is 1. The van der Waals surface area contributed by atoms with Crippen molar-refractivity contribution >= 4 is 15.7 Å². The van der Waals surface area contributed by atoms with Gasteiger partial charge in [0, 0.05) is 31.3 Å². The van der Waals surface area contributed by atoms with Crippen molar-refractivity contribution in [2.45, 2.75) is 35.3 Å². The highest BCUT2D eigenvalue weighted by molar-refractivity contribution is 7.93. The van der Waals surface area contributed by atoms with E-state index in [-0.39, 0.29) is 31.0 Å². The number of nitrogens with zero attached hydrogens (tertiary/aromatic N) is 2. The molecule has 0 saturated carbocycles. The van der Waals surface area contributed by atoms with Crippen molar-refractivity contribution in [3.8, 4) is 11.4 Å². The number of hydrogen-bond acceptors (Lipinski definition) is 7. The SMILES string of the molecule is O=C(NO)C1(S(=O)(=O)c2ccc(OCCCc3cccc(-n4ccnc4)c3)cc2)CCOCC1. The van der Waals surface area contributed by atoms with E-state index in [0.29, 0.717) is 12.4 Å². The lowest BCUT2D eigenvalue weighted by Gasteiger charge is -2.34. The van der Waals surface area contributed by atoms with Crippen LogP contribution in [0.5, 0.6) is 5.75 Å². The van der Waals surface area contributed by atoms with Crippen molar-refractivity contribution in [1.82, 2.24) is 15.0 Å². The van der Waals surface area contributed by atoms with Crippen LogP contribution in [0, 0.1) is 0 Å². The summed E-state index contributed by atoms with van der Waals surface area (Å²) in [5.74, 6) is -0.396.